The Labute approximate surface area is 122 Å². The number of nitrogen functional groups attached to an aromatic ring is 1. The highest BCUT2D eigenvalue weighted by atomic mass is 16.2. The van der Waals surface area contributed by atoms with Crippen LogP contribution in [0.15, 0.2) is 24.3 Å². The van der Waals surface area contributed by atoms with E-state index in [9.17, 15) is 4.79 Å². The Hall–Kier alpha value is -1.71. The SMILES string of the molecule is CCN(c1ccccc1N)C(C)C(=O)NC(C)(C)CC. The quantitative estimate of drug-likeness (QED) is 0.786. The van der Waals surface area contributed by atoms with Crippen molar-refractivity contribution in [1.82, 2.24) is 5.32 Å². The molecule has 0 spiro atoms. The maximum Gasteiger partial charge on any atom is 0.242 e. The van der Waals surface area contributed by atoms with Gasteiger partial charge in [0, 0.05) is 12.1 Å². The van der Waals surface area contributed by atoms with Crippen molar-refractivity contribution in [2.24, 2.45) is 0 Å². The molecule has 0 saturated heterocycles. The number of amides is 1. The second-order valence-corrected chi connectivity index (χ2v) is 5.75. The predicted octanol–water partition coefficient (Wildman–Crippen LogP) is 2.79. The van der Waals surface area contributed by atoms with Crippen molar-refractivity contribution < 1.29 is 4.79 Å². The molecule has 1 amide bonds. The fourth-order valence-electron chi connectivity index (χ4n) is 2.07. The first kappa shape index (κ1) is 16.3. The summed E-state index contributed by atoms with van der Waals surface area (Å²) in [4.78, 5) is 14.4. The van der Waals surface area contributed by atoms with Gasteiger partial charge in [0.2, 0.25) is 5.91 Å². The molecule has 0 aliphatic heterocycles. The van der Waals surface area contributed by atoms with Crippen LogP contribution in [0.2, 0.25) is 0 Å². The first-order valence-electron chi connectivity index (χ1n) is 7.25. The molecule has 0 fully saturated rings. The Kier molecular flexibility index (Phi) is 5.43. The molecular weight excluding hydrogens is 250 g/mol. The van der Waals surface area contributed by atoms with Crippen LogP contribution < -0.4 is 16.0 Å². The number of anilines is 2. The number of nitrogens with zero attached hydrogens (tertiary/aromatic N) is 1. The largest absolute Gasteiger partial charge is 0.397 e. The van der Waals surface area contributed by atoms with Gasteiger partial charge in [0.25, 0.3) is 0 Å². The van der Waals surface area contributed by atoms with Crippen molar-refractivity contribution >= 4 is 17.3 Å². The molecule has 1 atom stereocenters. The molecule has 1 unspecified atom stereocenters. The molecule has 4 nitrogen and oxygen atoms in total. The maximum absolute atomic E-state index is 12.4. The minimum atomic E-state index is -0.254. The number of carbonyl (C=O) groups is 1. The van der Waals surface area contributed by atoms with E-state index < -0.39 is 0 Å². The van der Waals surface area contributed by atoms with Crippen molar-refractivity contribution in [3.63, 3.8) is 0 Å². The number of para-hydroxylation sites is 2. The summed E-state index contributed by atoms with van der Waals surface area (Å²) in [6.45, 7) is 10.8. The van der Waals surface area contributed by atoms with Crippen LogP contribution in [0.5, 0.6) is 0 Å². The number of benzene rings is 1. The van der Waals surface area contributed by atoms with Crippen molar-refractivity contribution in [2.75, 3.05) is 17.2 Å². The van der Waals surface area contributed by atoms with Gasteiger partial charge in [0.15, 0.2) is 0 Å². The lowest BCUT2D eigenvalue weighted by molar-refractivity contribution is -0.123. The topological polar surface area (TPSA) is 58.4 Å². The Morgan fingerprint density at radius 1 is 1.35 bits per heavy atom. The van der Waals surface area contributed by atoms with E-state index in [0.29, 0.717) is 5.69 Å². The average molecular weight is 277 g/mol. The number of nitrogens with one attached hydrogen (secondary N) is 1. The molecular formula is C16H27N3O. The highest BCUT2D eigenvalue weighted by Crippen LogP contribution is 2.24. The summed E-state index contributed by atoms with van der Waals surface area (Å²) in [6, 6.07) is 7.40. The van der Waals surface area contributed by atoms with E-state index in [1.807, 2.05) is 56.9 Å². The van der Waals surface area contributed by atoms with E-state index in [2.05, 4.69) is 12.2 Å². The van der Waals surface area contributed by atoms with Gasteiger partial charge in [-0.2, -0.15) is 0 Å². The van der Waals surface area contributed by atoms with Crippen molar-refractivity contribution in [3.05, 3.63) is 24.3 Å². The molecule has 4 heteroatoms. The number of hydrogen-bond donors (Lipinski definition) is 2. The number of rotatable bonds is 6. The van der Waals surface area contributed by atoms with Crippen molar-refractivity contribution in [3.8, 4) is 0 Å². The second-order valence-electron chi connectivity index (χ2n) is 5.75. The first-order valence-corrected chi connectivity index (χ1v) is 7.25. The monoisotopic (exact) mass is 277 g/mol. The maximum atomic E-state index is 12.4. The van der Waals surface area contributed by atoms with E-state index >= 15 is 0 Å². The summed E-state index contributed by atoms with van der Waals surface area (Å²) < 4.78 is 0. The fourth-order valence-corrected chi connectivity index (χ4v) is 2.07. The molecule has 112 valence electrons. The average Bonchev–Trinajstić information content (AvgIpc) is 2.41. The van der Waals surface area contributed by atoms with Gasteiger partial charge >= 0.3 is 0 Å². The van der Waals surface area contributed by atoms with Crippen LogP contribution in [0.4, 0.5) is 11.4 Å². The van der Waals surface area contributed by atoms with Crippen molar-refractivity contribution in [1.29, 1.82) is 0 Å². The van der Waals surface area contributed by atoms with Crippen LogP contribution in [-0.4, -0.2) is 24.0 Å². The molecule has 1 aromatic carbocycles. The lowest BCUT2D eigenvalue weighted by Crippen LogP contribution is -2.52. The van der Waals surface area contributed by atoms with Gasteiger partial charge in [0.05, 0.1) is 11.4 Å². The van der Waals surface area contributed by atoms with Gasteiger partial charge < -0.3 is 16.0 Å². The third-order valence-corrected chi connectivity index (χ3v) is 3.78. The summed E-state index contributed by atoms with van der Waals surface area (Å²) in [5, 5.41) is 3.09. The zero-order valence-electron chi connectivity index (χ0n) is 13.2. The molecule has 0 aliphatic rings. The molecule has 3 N–H and O–H groups in total. The van der Waals surface area contributed by atoms with E-state index in [1.54, 1.807) is 0 Å². The first-order chi connectivity index (χ1) is 9.32. The third-order valence-electron chi connectivity index (χ3n) is 3.78. The number of hydrogen-bond acceptors (Lipinski definition) is 3. The summed E-state index contributed by atoms with van der Waals surface area (Å²) in [5.41, 5.74) is 7.43. The van der Waals surface area contributed by atoms with Gasteiger partial charge in [-0.15, -0.1) is 0 Å². The standard InChI is InChI=1S/C16H27N3O/c1-6-16(4,5)18-15(20)12(3)19(7-2)14-11-9-8-10-13(14)17/h8-12H,6-7,17H2,1-5H3,(H,18,20). The minimum absolute atomic E-state index is 0.0296. The summed E-state index contributed by atoms with van der Waals surface area (Å²) in [7, 11) is 0. The third kappa shape index (κ3) is 3.89. The van der Waals surface area contributed by atoms with E-state index in [4.69, 9.17) is 5.73 Å². The Bertz CT molecular complexity index is 457. The molecule has 0 bridgehead atoms. The van der Waals surface area contributed by atoms with E-state index in [1.165, 1.54) is 0 Å². The molecule has 1 rings (SSSR count). The zero-order chi connectivity index (χ0) is 15.3. The Balaban J connectivity index is 2.90. The highest BCUT2D eigenvalue weighted by molar-refractivity contribution is 5.86. The minimum Gasteiger partial charge on any atom is -0.397 e. The van der Waals surface area contributed by atoms with Crippen LogP contribution in [0.1, 0.15) is 41.0 Å². The Morgan fingerprint density at radius 3 is 2.45 bits per heavy atom. The summed E-state index contributed by atoms with van der Waals surface area (Å²) >= 11 is 0. The Morgan fingerprint density at radius 2 is 1.95 bits per heavy atom. The summed E-state index contributed by atoms with van der Waals surface area (Å²) in [6.07, 6.45) is 0.894. The second kappa shape index (κ2) is 6.64. The molecule has 0 aromatic heterocycles. The molecule has 0 aliphatic carbocycles. The highest BCUT2D eigenvalue weighted by Gasteiger charge is 2.26. The molecule has 20 heavy (non-hydrogen) atoms. The van der Waals surface area contributed by atoms with Crippen LogP contribution in [0.3, 0.4) is 0 Å². The number of likely N-dealkylation sites (N-methyl/N-ethyl adjacent to an activating group) is 1. The van der Waals surface area contributed by atoms with Gasteiger partial charge in [-0.25, -0.2) is 0 Å². The zero-order valence-corrected chi connectivity index (χ0v) is 13.2. The van der Waals surface area contributed by atoms with Gasteiger partial charge in [0.1, 0.15) is 6.04 Å². The van der Waals surface area contributed by atoms with Gasteiger partial charge in [-0.3, -0.25) is 4.79 Å². The fraction of sp³-hybridized carbons (Fsp3) is 0.562. The van der Waals surface area contributed by atoms with E-state index in [0.717, 1.165) is 18.7 Å². The number of carbonyl (C=O) groups excluding carboxylic acids is 1. The van der Waals surface area contributed by atoms with Crippen LogP contribution >= 0.6 is 0 Å². The predicted molar refractivity (Wildman–Crippen MR) is 85.8 cm³/mol. The molecule has 0 saturated carbocycles. The van der Waals surface area contributed by atoms with E-state index in [-0.39, 0.29) is 17.5 Å². The molecule has 0 radical (unpaired) electrons. The lowest BCUT2D eigenvalue weighted by atomic mass is 10.0. The molecule has 1 aromatic rings. The lowest BCUT2D eigenvalue weighted by Gasteiger charge is -2.33. The van der Waals surface area contributed by atoms with Crippen LogP contribution in [0.25, 0.3) is 0 Å². The summed E-state index contributed by atoms with van der Waals surface area (Å²) in [5.74, 6) is 0.0296. The smallest absolute Gasteiger partial charge is 0.242 e. The van der Waals surface area contributed by atoms with Crippen LogP contribution in [-0.2, 0) is 4.79 Å². The van der Waals surface area contributed by atoms with Gasteiger partial charge in [-0.1, -0.05) is 19.1 Å². The van der Waals surface area contributed by atoms with Crippen molar-refractivity contribution in [2.45, 2.75) is 52.6 Å². The van der Waals surface area contributed by atoms with Crippen LogP contribution in [0, 0.1) is 0 Å². The number of nitrogens with two attached hydrogens (primary N) is 1. The molecule has 0 heterocycles. The van der Waals surface area contributed by atoms with Gasteiger partial charge in [-0.05, 0) is 46.2 Å². The normalized spacial score (nSPS) is 12.8.